The fourth-order valence-electron chi connectivity index (χ4n) is 3.62. The highest BCUT2D eigenvalue weighted by molar-refractivity contribution is 9.10. The van der Waals surface area contributed by atoms with Crippen molar-refractivity contribution in [1.82, 2.24) is 5.32 Å². The standard InChI is InChI=1S/C19H30BrN/c1-2-12-21-15-18(17-9-5-3-4-6-10-17)13-16-8-7-11-19(20)14-16/h7-8,11,14,17-18,21H,2-6,9-10,12-13,15H2,1H3. The van der Waals surface area contributed by atoms with Gasteiger partial charge in [-0.05, 0) is 55.5 Å². The molecule has 0 heterocycles. The summed E-state index contributed by atoms with van der Waals surface area (Å²) < 4.78 is 1.21. The summed E-state index contributed by atoms with van der Waals surface area (Å²) in [5, 5.41) is 3.68. The van der Waals surface area contributed by atoms with Crippen molar-refractivity contribution < 1.29 is 0 Å². The largest absolute Gasteiger partial charge is 0.316 e. The Labute approximate surface area is 139 Å². The predicted octanol–water partition coefficient (Wildman–Crippen LogP) is 5.58. The average Bonchev–Trinajstić information content (AvgIpc) is 2.75. The summed E-state index contributed by atoms with van der Waals surface area (Å²) in [6, 6.07) is 8.88. The van der Waals surface area contributed by atoms with Crippen molar-refractivity contribution in [1.29, 1.82) is 0 Å². The lowest BCUT2D eigenvalue weighted by Gasteiger charge is -2.27. The van der Waals surface area contributed by atoms with Gasteiger partial charge >= 0.3 is 0 Å². The third-order valence-corrected chi connectivity index (χ3v) is 5.28. The maximum absolute atomic E-state index is 3.68. The van der Waals surface area contributed by atoms with Gasteiger partial charge in [0.1, 0.15) is 0 Å². The lowest BCUT2D eigenvalue weighted by atomic mass is 9.82. The van der Waals surface area contributed by atoms with E-state index < -0.39 is 0 Å². The zero-order valence-corrected chi connectivity index (χ0v) is 15.0. The third-order valence-electron chi connectivity index (χ3n) is 4.79. The molecule has 1 fully saturated rings. The van der Waals surface area contributed by atoms with Crippen molar-refractivity contribution in [2.75, 3.05) is 13.1 Å². The van der Waals surface area contributed by atoms with Gasteiger partial charge in [0.15, 0.2) is 0 Å². The number of rotatable bonds is 7. The van der Waals surface area contributed by atoms with Gasteiger partial charge in [0, 0.05) is 4.47 Å². The number of hydrogen-bond donors (Lipinski definition) is 1. The van der Waals surface area contributed by atoms with Crippen LogP contribution in [0.25, 0.3) is 0 Å². The van der Waals surface area contributed by atoms with Crippen LogP contribution in [0.15, 0.2) is 28.7 Å². The van der Waals surface area contributed by atoms with Crippen molar-refractivity contribution in [3.63, 3.8) is 0 Å². The molecule has 1 unspecified atom stereocenters. The van der Waals surface area contributed by atoms with Crippen molar-refractivity contribution in [2.24, 2.45) is 11.8 Å². The predicted molar refractivity (Wildman–Crippen MR) is 95.7 cm³/mol. The van der Waals surface area contributed by atoms with Crippen LogP contribution in [-0.4, -0.2) is 13.1 Å². The Morgan fingerprint density at radius 1 is 1.19 bits per heavy atom. The van der Waals surface area contributed by atoms with Crippen LogP contribution in [0.4, 0.5) is 0 Å². The third kappa shape index (κ3) is 6.12. The van der Waals surface area contributed by atoms with Crippen molar-refractivity contribution in [2.45, 2.75) is 58.3 Å². The van der Waals surface area contributed by atoms with Crippen LogP contribution in [0.1, 0.15) is 57.4 Å². The van der Waals surface area contributed by atoms with E-state index >= 15 is 0 Å². The second kappa shape index (κ2) is 9.63. The van der Waals surface area contributed by atoms with E-state index in [9.17, 15) is 0 Å². The first-order chi connectivity index (χ1) is 10.3. The molecule has 0 amide bonds. The molecule has 0 saturated heterocycles. The second-order valence-corrected chi connectivity index (χ2v) is 7.47. The van der Waals surface area contributed by atoms with Gasteiger partial charge in [-0.25, -0.2) is 0 Å². The molecule has 1 aromatic rings. The quantitative estimate of drug-likeness (QED) is 0.499. The Balaban J connectivity index is 1.99. The van der Waals surface area contributed by atoms with E-state index in [1.54, 1.807) is 0 Å². The maximum Gasteiger partial charge on any atom is 0.0177 e. The molecule has 0 spiro atoms. The van der Waals surface area contributed by atoms with Crippen molar-refractivity contribution in [3.8, 4) is 0 Å². The van der Waals surface area contributed by atoms with Gasteiger partial charge in [-0.2, -0.15) is 0 Å². The molecular formula is C19H30BrN. The van der Waals surface area contributed by atoms with Crippen LogP contribution in [-0.2, 0) is 6.42 Å². The highest BCUT2D eigenvalue weighted by Gasteiger charge is 2.22. The summed E-state index contributed by atoms with van der Waals surface area (Å²) in [6.45, 7) is 4.59. The molecule has 118 valence electrons. The van der Waals surface area contributed by atoms with Gasteiger partial charge in [0.05, 0.1) is 0 Å². The first kappa shape index (κ1) is 17.0. The first-order valence-electron chi connectivity index (χ1n) is 8.74. The Morgan fingerprint density at radius 3 is 2.62 bits per heavy atom. The van der Waals surface area contributed by atoms with Crippen LogP contribution < -0.4 is 5.32 Å². The van der Waals surface area contributed by atoms with Crippen LogP contribution in [0.5, 0.6) is 0 Å². The highest BCUT2D eigenvalue weighted by Crippen LogP contribution is 2.31. The maximum atomic E-state index is 3.68. The molecule has 0 radical (unpaired) electrons. The van der Waals surface area contributed by atoms with Crippen LogP contribution >= 0.6 is 15.9 Å². The zero-order valence-electron chi connectivity index (χ0n) is 13.4. The van der Waals surface area contributed by atoms with Crippen molar-refractivity contribution in [3.05, 3.63) is 34.3 Å². The molecule has 21 heavy (non-hydrogen) atoms. The molecule has 2 heteroatoms. The van der Waals surface area contributed by atoms with E-state index in [-0.39, 0.29) is 0 Å². The van der Waals surface area contributed by atoms with E-state index in [2.05, 4.69) is 52.4 Å². The van der Waals surface area contributed by atoms with E-state index in [1.807, 2.05) is 0 Å². The summed E-state index contributed by atoms with van der Waals surface area (Å²) in [5.74, 6) is 1.71. The normalized spacial score (nSPS) is 18.4. The number of benzene rings is 1. The summed E-state index contributed by atoms with van der Waals surface area (Å²) in [5.41, 5.74) is 1.48. The van der Waals surface area contributed by atoms with Crippen LogP contribution in [0, 0.1) is 11.8 Å². The lowest BCUT2D eigenvalue weighted by Crippen LogP contribution is -2.30. The van der Waals surface area contributed by atoms with E-state index in [0.29, 0.717) is 0 Å². The molecule has 0 aliphatic heterocycles. The molecule has 1 aromatic carbocycles. The summed E-state index contributed by atoms with van der Waals surface area (Å²) >= 11 is 3.61. The Bertz CT molecular complexity index is 396. The van der Waals surface area contributed by atoms with E-state index in [1.165, 1.54) is 67.9 Å². The molecule has 1 saturated carbocycles. The average molecular weight is 352 g/mol. The number of nitrogens with one attached hydrogen (secondary N) is 1. The zero-order chi connectivity index (χ0) is 14.9. The molecule has 1 aliphatic carbocycles. The smallest absolute Gasteiger partial charge is 0.0177 e. The van der Waals surface area contributed by atoms with E-state index in [4.69, 9.17) is 0 Å². The molecular weight excluding hydrogens is 322 g/mol. The van der Waals surface area contributed by atoms with Gasteiger partial charge in [-0.3, -0.25) is 0 Å². The van der Waals surface area contributed by atoms with Crippen LogP contribution in [0.3, 0.4) is 0 Å². The SMILES string of the molecule is CCCNCC(Cc1cccc(Br)c1)C1CCCCCC1. The van der Waals surface area contributed by atoms with Gasteiger partial charge < -0.3 is 5.32 Å². The van der Waals surface area contributed by atoms with Gasteiger partial charge in [-0.1, -0.05) is 73.5 Å². The topological polar surface area (TPSA) is 12.0 Å². The molecule has 0 aromatic heterocycles. The second-order valence-electron chi connectivity index (χ2n) is 6.55. The molecule has 1 N–H and O–H groups in total. The summed E-state index contributed by atoms with van der Waals surface area (Å²) in [6.07, 6.45) is 11.1. The van der Waals surface area contributed by atoms with E-state index in [0.717, 1.165) is 18.4 Å². The molecule has 1 aliphatic rings. The van der Waals surface area contributed by atoms with Gasteiger partial charge in [0.2, 0.25) is 0 Å². The van der Waals surface area contributed by atoms with Gasteiger partial charge in [0.25, 0.3) is 0 Å². The number of hydrogen-bond acceptors (Lipinski definition) is 1. The summed E-state index contributed by atoms with van der Waals surface area (Å²) in [7, 11) is 0. The lowest BCUT2D eigenvalue weighted by molar-refractivity contribution is 0.285. The fraction of sp³-hybridized carbons (Fsp3) is 0.684. The Morgan fingerprint density at radius 2 is 1.95 bits per heavy atom. The number of halogens is 1. The minimum atomic E-state index is 0.795. The fourth-order valence-corrected chi connectivity index (χ4v) is 4.07. The Hall–Kier alpha value is -0.340. The minimum absolute atomic E-state index is 0.795. The highest BCUT2D eigenvalue weighted by atomic mass is 79.9. The molecule has 0 bridgehead atoms. The van der Waals surface area contributed by atoms with Gasteiger partial charge in [-0.15, -0.1) is 0 Å². The first-order valence-corrected chi connectivity index (χ1v) is 9.54. The monoisotopic (exact) mass is 351 g/mol. The summed E-state index contributed by atoms with van der Waals surface area (Å²) in [4.78, 5) is 0. The minimum Gasteiger partial charge on any atom is -0.316 e. The molecule has 1 atom stereocenters. The molecule has 1 nitrogen and oxygen atoms in total. The van der Waals surface area contributed by atoms with Crippen LogP contribution in [0.2, 0.25) is 0 Å². The Kier molecular flexibility index (Phi) is 7.81. The van der Waals surface area contributed by atoms with Crippen molar-refractivity contribution >= 4 is 15.9 Å². The molecule has 2 rings (SSSR count).